The number of likely N-dealkylation sites (tertiary alicyclic amines) is 2. The third kappa shape index (κ3) is 20.8. The lowest BCUT2D eigenvalue weighted by molar-refractivity contribution is -0.157. The number of ether oxygens (including phenoxy) is 2. The average molecular weight is 1460 g/mol. The highest BCUT2D eigenvalue weighted by Crippen LogP contribution is 2.34. The van der Waals surface area contributed by atoms with Crippen LogP contribution in [0.15, 0.2) is 55.4 Å². The molecule has 3 fully saturated rings. The monoisotopic (exact) mass is 1460 g/mol. The first kappa shape index (κ1) is 76.5. The number of alkyl carbamates (subject to hydrolysis) is 1. The number of hydrogen-bond acceptors (Lipinski definition) is 27. The number of aromatic nitrogens is 12. The molecule has 3 atom stereocenters. The van der Waals surface area contributed by atoms with Crippen LogP contribution in [0.2, 0.25) is 0 Å². The van der Waals surface area contributed by atoms with Crippen molar-refractivity contribution in [3.63, 3.8) is 0 Å². The van der Waals surface area contributed by atoms with Crippen LogP contribution >= 0.6 is 34.0 Å². The summed E-state index contributed by atoms with van der Waals surface area (Å²) in [6.07, 6.45) is 8.45. The lowest BCUT2D eigenvalue weighted by Gasteiger charge is -2.39. The van der Waals surface area contributed by atoms with E-state index in [9.17, 15) is 47.0 Å². The van der Waals surface area contributed by atoms with Gasteiger partial charge in [0.25, 0.3) is 11.8 Å². The third-order valence-corrected chi connectivity index (χ3v) is 18.5. The quantitative estimate of drug-likeness (QED) is 0.0461. The van der Waals surface area contributed by atoms with E-state index in [4.69, 9.17) is 9.47 Å². The van der Waals surface area contributed by atoms with Gasteiger partial charge in [0.05, 0.1) is 64.2 Å². The number of hydrogen-bond donors (Lipinski definition) is 6. The van der Waals surface area contributed by atoms with Gasteiger partial charge in [0.2, 0.25) is 17.8 Å². The summed E-state index contributed by atoms with van der Waals surface area (Å²) in [7, 11) is 0. The molecule has 9 aromatic heterocycles. The van der Waals surface area contributed by atoms with Crippen LogP contribution < -0.4 is 26.6 Å². The standard InChI is InChI=1S/C23H27FN6O3S.C23H27FN6O2S.C14H12FN5O2S.C8H16N2O2/c1-12(15-7-16(24)9-25-8-15)26-22-28-18(19-20(29-22)27-13(2)34-19)21(32)30-10-14(11-30)6-17(31)33-23(3,4)5;1-12(15-7-16(24)9-25-8-15)26-22-28-18(19-20(29-22)27-13(2)33-19)21(32)30-10-14(11-30)6-17(31)23(3,4)5;1-6(8-3-9(15)5-16-4-8)17-14-19-10(13(21)22)11-12(20-14)18-7(2)23-11;1-8(2,3)12-7(11)10-6-4-9-5-6/h7-9,12,14H,6,10-11H2,1-5H3,(H,26,28,29);7-9,12,14H,6,10-11H2,1-5H3,(H,26,28,29);3-6H,1-2H3,(H,21,22)(H,17,19,20);6,9H,4-5H2,1-3H3,(H,10,11)/t2*12-;6-;/m000./s1. The maximum atomic E-state index is 13.6. The van der Waals surface area contributed by atoms with Gasteiger partial charge in [-0.1, -0.05) is 20.8 Å². The van der Waals surface area contributed by atoms with Gasteiger partial charge in [0, 0.05) is 81.5 Å². The molecule has 0 aliphatic carbocycles. The van der Waals surface area contributed by atoms with E-state index in [0.29, 0.717) is 91.0 Å². The predicted octanol–water partition coefficient (Wildman–Crippen LogP) is 11.4. The van der Waals surface area contributed by atoms with Gasteiger partial charge in [-0.3, -0.25) is 34.1 Å². The molecular weight excluding hydrogens is 1380 g/mol. The number of halogens is 3. The lowest BCUT2D eigenvalue weighted by atomic mass is 9.83. The molecule has 3 aliphatic heterocycles. The molecule has 0 saturated carbocycles. The Labute approximate surface area is 598 Å². The Morgan fingerprint density at radius 3 is 1.21 bits per heavy atom. The van der Waals surface area contributed by atoms with Crippen LogP contribution in [0, 0.1) is 55.5 Å². The fourth-order valence-corrected chi connectivity index (χ4v) is 12.8. The second kappa shape index (κ2) is 32.1. The molecule has 3 aliphatic rings. The minimum atomic E-state index is -1.15. The van der Waals surface area contributed by atoms with Crippen molar-refractivity contribution in [2.24, 2.45) is 17.3 Å². The largest absolute Gasteiger partial charge is 0.476 e. The number of thiazole rings is 3. The Kier molecular flexibility index (Phi) is 24.1. The fraction of sp³-hybridized carbons (Fsp3) is 0.471. The first-order chi connectivity index (χ1) is 47.9. The molecular formula is C68H82F3N19O9S3. The van der Waals surface area contributed by atoms with Crippen LogP contribution in [0.4, 0.5) is 35.8 Å². The van der Waals surface area contributed by atoms with E-state index in [-0.39, 0.29) is 107 Å². The molecule has 6 N–H and O–H groups in total. The molecule has 102 heavy (non-hydrogen) atoms. The molecule has 3 saturated heterocycles. The van der Waals surface area contributed by atoms with Crippen LogP contribution in [0.5, 0.6) is 0 Å². The van der Waals surface area contributed by atoms with E-state index < -0.39 is 34.6 Å². The first-order valence-electron chi connectivity index (χ1n) is 32.7. The number of nitrogens with zero attached hydrogens (tertiary/aromatic N) is 14. The summed E-state index contributed by atoms with van der Waals surface area (Å²) in [5.74, 6) is -2.15. The number of nitrogens with one attached hydrogen (secondary N) is 5. The van der Waals surface area contributed by atoms with Crippen molar-refractivity contribution in [2.45, 2.75) is 152 Å². The minimum absolute atomic E-state index is 0.0532. The maximum Gasteiger partial charge on any atom is 0.407 e. The van der Waals surface area contributed by atoms with E-state index in [0.717, 1.165) is 41.7 Å². The van der Waals surface area contributed by atoms with Crippen LogP contribution in [0.3, 0.4) is 0 Å². The van der Waals surface area contributed by atoms with Gasteiger partial charge in [-0.25, -0.2) is 52.7 Å². The van der Waals surface area contributed by atoms with Crippen LogP contribution in [0.1, 0.15) is 177 Å². The van der Waals surface area contributed by atoms with Crippen molar-refractivity contribution >= 4 is 119 Å². The molecule has 12 heterocycles. The number of carboxylic acid groups (broad SMARTS) is 1. The molecule has 0 unspecified atom stereocenters. The second-order valence-electron chi connectivity index (χ2n) is 27.9. The van der Waals surface area contributed by atoms with Gasteiger partial charge in [-0.05, 0) is 118 Å². The number of pyridine rings is 3. The number of aryl methyl sites for hydroxylation is 3. The molecule has 0 aromatic carbocycles. The maximum absolute atomic E-state index is 13.6. The van der Waals surface area contributed by atoms with Crippen LogP contribution in [-0.4, -0.2) is 167 Å². The SMILES string of the molecule is CC(C)(C)OC(=O)NC1CNC1.Cc1nc2nc(N[C@@H](C)c3cncc(F)c3)nc(C(=O)N3CC(CC(=O)C(C)(C)C)C3)c2s1.Cc1nc2nc(N[C@@H](C)c3cncc(F)c3)nc(C(=O)N3CC(CC(=O)OC(C)(C)C)C3)c2s1.Cc1nc2nc(N[C@@H](C)c3cncc(F)c3)nc(C(=O)O)c2s1. The summed E-state index contributed by atoms with van der Waals surface area (Å²) in [5.41, 5.74) is 2.20. The highest BCUT2D eigenvalue weighted by Gasteiger charge is 2.38. The van der Waals surface area contributed by atoms with Gasteiger partial charge in [0.15, 0.2) is 34.0 Å². The molecule has 9 aromatic rings. The van der Waals surface area contributed by atoms with Crippen molar-refractivity contribution in [1.29, 1.82) is 0 Å². The van der Waals surface area contributed by atoms with Gasteiger partial charge in [-0.15, -0.1) is 34.0 Å². The fourth-order valence-electron chi connectivity index (χ4n) is 10.3. The number of rotatable bonds is 17. The second-order valence-corrected chi connectivity index (χ2v) is 31.5. The molecule has 34 heteroatoms. The number of Topliss-reactive ketones (excluding diaryl/α,β-unsaturated/α-hetero) is 1. The number of ketones is 1. The number of fused-ring (bicyclic) bond motifs is 3. The molecule has 12 rings (SSSR count). The summed E-state index contributed by atoms with van der Waals surface area (Å²) in [6.45, 7) is 31.3. The molecule has 542 valence electrons. The van der Waals surface area contributed by atoms with E-state index in [1.54, 1.807) is 36.0 Å². The number of carbonyl (C=O) groups is 6. The average Bonchev–Trinajstić information content (AvgIpc) is 1.76. The summed E-state index contributed by atoms with van der Waals surface area (Å²) < 4.78 is 52.5. The third-order valence-electron chi connectivity index (χ3n) is 15.6. The lowest BCUT2D eigenvalue weighted by Crippen LogP contribution is -2.57. The van der Waals surface area contributed by atoms with Crippen molar-refractivity contribution in [2.75, 3.05) is 55.2 Å². The van der Waals surface area contributed by atoms with E-state index >= 15 is 0 Å². The first-order valence-corrected chi connectivity index (χ1v) is 35.2. The highest BCUT2D eigenvalue weighted by atomic mass is 32.1. The van der Waals surface area contributed by atoms with E-state index in [1.165, 1.54) is 58.4 Å². The van der Waals surface area contributed by atoms with E-state index in [2.05, 4.69) is 86.4 Å². The zero-order valence-electron chi connectivity index (χ0n) is 59.1. The summed E-state index contributed by atoms with van der Waals surface area (Å²) in [6, 6.07) is 3.34. The number of esters is 1. The van der Waals surface area contributed by atoms with Gasteiger partial charge >= 0.3 is 18.0 Å². The molecule has 0 radical (unpaired) electrons. The number of carbonyl (C=O) groups excluding carboxylic acids is 5. The van der Waals surface area contributed by atoms with Crippen molar-refractivity contribution < 1.29 is 56.5 Å². The molecule has 0 bridgehead atoms. The minimum Gasteiger partial charge on any atom is -0.476 e. The number of amides is 3. The summed E-state index contributed by atoms with van der Waals surface area (Å²) >= 11 is 3.96. The number of aromatic carboxylic acids is 1. The highest BCUT2D eigenvalue weighted by molar-refractivity contribution is 7.19. The topological polar surface area (TPSA) is 362 Å². The summed E-state index contributed by atoms with van der Waals surface area (Å²) in [4.78, 5) is 128. The van der Waals surface area contributed by atoms with Gasteiger partial charge in [-0.2, -0.15) is 15.0 Å². The zero-order chi connectivity index (χ0) is 74.3. The van der Waals surface area contributed by atoms with E-state index in [1.807, 2.05) is 90.0 Å². The molecule has 0 spiro atoms. The van der Waals surface area contributed by atoms with Crippen molar-refractivity contribution in [1.82, 2.24) is 80.2 Å². The van der Waals surface area contributed by atoms with Gasteiger partial charge < -0.3 is 51.0 Å². The normalized spacial score (nSPS) is 15.0. The van der Waals surface area contributed by atoms with Crippen molar-refractivity contribution in [3.05, 3.63) is 122 Å². The zero-order valence-corrected chi connectivity index (χ0v) is 61.6. The Balaban J connectivity index is 0.000000167. The summed E-state index contributed by atoms with van der Waals surface area (Å²) in [5, 5.41) is 26.6. The van der Waals surface area contributed by atoms with Gasteiger partial charge in [0.1, 0.15) is 48.5 Å². The van der Waals surface area contributed by atoms with Crippen LogP contribution in [0.25, 0.3) is 31.0 Å². The smallest absolute Gasteiger partial charge is 0.407 e. The Bertz CT molecular complexity index is 4560. The Morgan fingerprint density at radius 2 is 0.882 bits per heavy atom. The number of anilines is 3. The predicted molar refractivity (Wildman–Crippen MR) is 380 cm³/mol. The Hall–Kier alpha value is -9.67. The molecule has 28 nitrogen and oxygen atoms in total. The Morgan fingerprint density at radius 1 is 0.529 bits per heavy atom. The number of carboxylic acids is 1. The molecule has 3 amide bonds. The van der Waals surface area contributed by atoms with Crippen molar-refractivity contribution in [3.8, 4) is 0 Å². The van der Waals surface area contributed by atoms with Crippen LogP contribution in [-0.2, 0) is 19.1 Å².